The number of rotatable bonds is 6. The van der Waals surface area contributed by atoms with Gasteiger partial charge in [0, 0.05) is 33.1 Å². The van der Waals surface area contributed by atoms with E-state index in [1.54, 1.807) is 4.31 Å². The lowest BCUT2D eigenvalue weighted by atomic mass is 10.00. The number of amides is 1. The lowest BCUT2D eigenvalue weighted by Crippen LogP contribution is -2.43. The SMILES string of the molecule is CC(=O)NCCNCC1CCCN(S(C)(=O)=O)C1. The van der Waals surface area contributed by atoms with Crippen LogP contribution in [0.15, 0.2) is 0 Å². The van der Waals surface area contributed by atoms with Gasteiger partial charge in [-0.05, 0) is 25.3 Å². The van der Waals surface area contributed by atoms with Gasteiger partial charge in [-0.15, -0.1) is 0 Å². The molecule has 6 nitrogen and oxygen atoms in total. The molecule has 0 aliphatic carbocycles. The number of carbonyl (C=O) groups excluding carboxylic acids is 1. The Balaban J connectivity index is 2.21. The third-order valence-electron chi connectivity index (χ3n) is 3.06. The van der Waals surface area contributed by atoms with Crippen molar-refractivity contribution in [2.24, 2.45) is 5.92 Å². The maximum absolute atomic E-state index is 11.4. The van der Waals surface area contributed by atoms with Gasteiger partial charge in [-0.3, -0.25) is 4.79 Å². The Hall–Kier alpha value is -0.660. The Kier molecular flexibility index (Phi) is 6.04. The number of hydrogen-bond acceptors (Lipinski definition) is 4. The van der Waals surface area contributed by atoms with Crippen molar-refractivity contribution in [3.8, 4) is 0 Å². The van der Waals surface area contributed by atoms with Gasteiger partial charge in [0.05, 0.1) is 6.26 Å². The van der Waals surface area contributed by atoms with Crippen LogP contribution in [0.3, 0.4) is 0 Å². The van der Waals surface area contributed by atoms with Crippen molar-refractivity contribution in [2.75, 3.05) is 39.0 Å². The molecule has 7 heteroatoms. The van der Waals surface area contributed by atoms with Crippen molar-refractivity contribution in [1.29, 1.82) is 0 Å². The van der Waals surface area contributed by atoms with E-state index in [2.05, 4.69) is 10.6 Å². The fourth-order valence-corrected chi connectivity index (χ4v) is 3.07. The molecule has 1 atom stereocenters. The third-order valence-corrected chi connectivity index (χ3v) is 4.33. The summed E-state index contributed by atoms with van der Waals surface area (Å²) in [5, 5.41) is 5.95. The van der Waals surface area contributed by atoms with Crippen LogP contribution in [0.4, 0.5) is 0 Å². The lowest BCUT2D eigenvalue weighted by molar-refractivity contribution is -0.118. The summed E-state index contributed by atoms with van der Waals surface area (Å²) in [5.74, 6) is 0.337. The molecule has 18 heavy (non-hydrogen) atoms. The summed E-state index contributed by atoms with van der Waals surface area (Å²) in [5.41, 5.74) is 0. The van der Waals surface area contributed by atoms with E-state index >= 15 is 0 Å². The smallest absolute Gasteiger partial charge is 0.216 e. The summed E-state index contributed by atoms with van der Waals surface area (Å²) >= 11 is 0. The van der Waals surface area contributed by atoms with Crippen molar-refractivity contribution in [1.82, 2.24) is 14.9 Å². The molecule has 1 fully saturated rings. The summed E-state index contributed by atoms with van der Waals surface area (Å²) in [6.45, 7) is 4.86. The molecule has 0 aromatic heterocycles. The largest absolute Gasteiger partial charge is 0.355 e. The maximum Gasteiger partial charge on any atom is 0.216 e. The van der Waals surface area contributed by atoms with Crippen molar-refractivity contribution in [3.63, 3.8) is 0 Å². The van der Waals surface area contributed by atoms with Gasteiger partial charge in [0.25, 0.3) is 0 Å². The fourth-order valence-electron chi connectivity index (χ4n) is 2.13. The standard InChI is InChI=1S/C11H23N3O3S/c1-10(15)13-6-5-12-8-11-4-3-7-14(9-11)18(2,16)17/h11-12H,3-9H2,1-2H3,(H,13,15). The predicted octanol–water partition coefficient (Wildman–Crippen LogP) is -0.616. The summed E-state index contributed by atoms with van der Waals surface area (Å²) in [6.07, 6.45) is 3.24. The molecule has 1 amide bonds. The summed E-state index contributed by atoms with van der Waals surface area (Å²) in [7, 11) is -3.06. The molecular formula is C11H23N3O3S. The number of nitrogens with zero attached hydrogens (tertiary/aromatic N) is 1. The second-order valence-corrected chi connectivity index (χ2v) is 6.80. The van der Waals surface area contributed by atoms with Crippen LogP contribution in [-0.4, -0.2) is 57.6 Å². The molecular weight excluding hydrogens is 254 g/mol. The zero-order valence-corrected chi connectivity index (χ0v) is 11.9. The van der Waals surface area contributed by atoms with Gasteiger partial charge in [0.15, 0.2) is 0 Å². The molecule has 0 radical (unpaired) electrons. The van der Waals surface area contributed by atoms with Gasteiger partial charge in [-0.2, -0.15) is 0 Å². The average Bonchev–Trinajstić information content (AvgIpc) is 2.27. The second kappa shape index (κ2) is 7.06. The van der Waals surface area contributed by atoms with E-state index in [1.807, 2.05) is 0 Å². The molecule has 1 rings (SSSR count). The molecule has 1 aliphatic rings. The highest BCUT2D eigenvalue weighted by Gasteiger charge is 2.25. The van der Waals surface area contributed by atoms with Crippen molar-refractivity contribution >= 4 is 15.9 Å². The lowest BCUT2D eigenvalue weighted by Gasteiger charge is -2.31. The van der Waals surface area contributed by atoms with Crippen LogP contribution in [0.25, 0.3) is 0 Å². The van der Waals surface area contributed by atoms with E-state index in [4.69, 9.17) is 0 Å². The third kappa shape index (κ3) is 5.79. The van der Waals surface area contributed by atoms with Crippen LogP contribution in [-0.2, 0) is 14.8 Å². The first-order chi connectivity index (χ1) is 8.39. The number of hydrogen-bond donors (Lipinski definition) is 2. The number of carbonyl (C=O) groups is 1. The van der Waals surface area contributed by atoms with E-state index in [9.17, 15) is 13.2 Å². The van der Waals surface area contributed by atoms with Crippen LogP contribution >= 0.6 is 0 Å². The first-order valence-corrected chi connectivity index (χ1v) is 8.14. The summed E-state index contributed by atoms with van der Waals surface area (Å²) in [4.78, 5) is 10.6. The second-order valence-electron chi connectivity index (χ2n) is 4.82. The molecule has 1 saturated heterocycles. The fraction of sp³-hybridized carbons (Fsp3) is 0.909. The highest BCUT2D eigenvalue weighted by Crippen LogP contribution is 2.17. The monoisotopic (exact) mass is 277 g/mol. The van der Waals surface area contributed by atoms with Crippen molar-refractivity contribution in [3.05, 3.63) is 0 Å². The van der Waals surface area contributed by atoms with E-state index < -0.39 is 10.0 Å². The minimum atomic E-state index is -3.06. The summed E-state index contributed by atoms with van der Waals surface area (Å²) < 4.78 is 24.4. The van der Waals surface area contributed by atoms with Crippen molar-refractivity contribution in [2.45, 2.75) is 19.8 Å². The number of nitrogens with one attached hydrogen (secondary N) is 2. The van der Waals surface area contributed by atoms with Crippen LogP contribution in [0.5, 0.6) is 0 Å². The molecule has 0 saturated carbocycles. The van der Waals surface area contributed by atoms with E-state index in [0.717, 1.165) is 25.9 Å². The quantitative estimate of drug-likeness (QED) is 0.635. The first-order valence-electron chi connectivity index (χ1n) is 6.30. The molecule has 0 bridgehead atoms. The number of piperidine rings is 1. The zero-order chi connectivity index (χ0) is 13.6. The van der Waals surface area contributed by atoms with Crippen LogP contribution in [0.2, 0.25) is 0 Å². The molecule has 2 N–H and O–H groups in total. The summed E-state index contributed by atoms with van der Waals surface area (Å²) in [6, 6.07) is 0. The van der Waals surface area contributed by atoms with Crippen molar-refractivity contribution < 1.29 is 13.2 Å². The Labute approximate surface area is 109 Å². The molecule has 106 valence electrons. The van der Waals surface area contributed by atoms with Gasteiger partial charge in [-0.1, -0.05) is 0 Å². The molecule has 1 heterocycles. The normalized spacial score (nSPS) is 21.8. The van der Waals surface area contributed by atoms with Crippen LogP contribution < -0.4 is 10.6 Å². The molecule has 0 aromatic carbocycles. The Morgan fingerprint density at radius 1 is 1.39 bits per heavy atom. The molecule has 0 aromatic rings. The van der Waals surface area contributed by atoms with Gasteiger partial charge >= 0.3 is 0 Å². The Bertz CT molecular complexity index is 370. The van der Waals surface area contributed by atoms with Gasteiger partial charge in [0.2, 0.25) is 15.9 Å². The molecule has 0 spiro atoms. The average molecular weight is 277 g/mol. The molecule has 1 unspecified atom stereocenters. The Morgan fingerprint density at radius 2 is 2.11 bits per heavy atom. The topological polar surface area (TPSA) is 78.5 Å². The zero-order valence-electron chi connectivity index (χ0n) is 11.1. The molecule has 1 aliphatic heterocycles. The first kappa shape index (κ1) is 15.4. The Morgan fingerprint density at radius 3 is 2.72 bits per heavy atom. The van der Waals surface area contributed by atoms with Gasteiger partial charge in [0.1, 0.15) is 0 Å². The van der Waals surface area contributed by atoms with E-state index in [1.165, 1.54) is 13.2 Å². The highest BCUT2D eigenvalue weighted by atomic mass is 32.2. The minimum absolute atomic E-state index is 0.0299. The van der Waals surface area contributed by atoms with E-state index in [-0.39, 0.29) is 5.91 Å². The minimum Gasteiger partial charge on any atom is -0.355 e. The maximum atomic E-state index is 11.4. The highest BCUT2D eigenvalue weighted by molar-refractivity contribution is 7.88. The van der Waals surface area contributed by atoms with Gasteiger partial charge in [-0.25, -0.2) is 12.7 Å². The van der Waals surface area contributed by atoms with Crippen LogP contribution in [0.1, 0.15) is 19.8 Å². The van der Waals surface area contributed by atoms with Crippen LogP contribution in [0, 0.1) is 5.92 Å². The number of sulfonamides is 1. The van der Waals surface area contributed by atoms with Gasteiger partial charge < -0.3 is 10.6 Å². The predicted molar refractivity (Wildman–Crippen MR) is 70.7 cm³/mol. The van der Waals surface area contributed by atoms with E-state index in [0.29, 0.717) is 25.6 Å².